The van der Waals surface area contributed by atoms with Crippen LogP contribution in [0.15, 0.2) is 59.2 Å². The van der Waals surface area contributed by atoms with Gasteiger partial charge in [0.1, 0.15) is 5.52 Å². The Morgan fingerprint density at radius 3 is 3.06 bits per heavy atom. The highest BCUT2D eigenvalue weighted by Gasteiger charge is 2.05. The van der Waals surface area contributed by atoms with E-state index in [4.69, 9.17) is 0 Å². The van der Waals surface area contributed by atoms with E-state index in [1.54, 1.807) is 10.8 Å². The summed E-state index contributed by atoms with van der Waals surface area (Å²) in [6.45, 7) is 0.627. The van der Waals surface area contributed by atoms with Crippen LogP contribution in [0.2, 0.25) is 0 Å². The van der Waals surface area contributed by atoms with Crippen LogP contribution in [-0.4, -0.2) is 9.55 Å². The first-order valence-electron chi connectivity index (χ1n) is 6.14. The standard InChI is InChI=1S/C15H14N2O/c18-15-14-13(7-4-9-16-14)8-10-17(15)11-12-5-2-1-3-6-12/h2,4-10H,1,3,11H2. The zero-order valence-electron chi connectivity index (χ0n) is 10.0. The maximum Gasteiger partial charge on any atom is 0.277 e. The Labute approximate surface area is 105 Å². The molecule has 2 aromatic rings. The molecule has 3 nitrogen and oxygen atoms in total. The molecule has 1 aliphatic rings. The van der Waals surface area contributed by atoms with Crippen LogP contribution >= 0.6 is 0 Å². The molecule has 0 spiro atoms. The molecule has 18 heavy (non-hydrogen) atoms. The molecule has 2 heterocycles. The predicted octanol–water partition coefficient (Wildman–Crippen LogP) is 2.67. The van der Waals surface area contributed by atoms with Crippen molar-refractivity contribution in [1.82, 2.24) is 9.55 Å². The highest BCUT2D eigenvalue weighted by molar-refractivity contribution is 5.76. The summed E-state index contributed by atoms with van der Waals surface area (Å²) in [5.41, 5.74) is 1.71. The molecule has 90 valence electrons. The second-order valence-corrected chi connectivity index (χ2v) is 4.45. The summed E-state index contributed by atoms with van der Waals surface area (Å²) in [6, 6.07) is 5.70. The van der Waals surface area contributed by atoms with E-state index < -0.39 is 0 Å². The third-order valence-corrected chi connectivity index (χ3v) is 3.16. The lowest BCUT2D eigenvalue weighted by Crippen LogP contribution is -2.21. The number of aromatic nitrogens is 2. The van der Waals surface area contributed by atoms with Crippen LogP contribution in [-0.2, 0) is 6.54 Å². The Bertz CT molecular complexity index is 695. The summed E-state index contributed by atoms with van der Waals surface area (Å²) >= 11 is 0. The van der Waals surface area contributed by atoms with Gasteiger partial charge in [-0.3, -0.25) is 9.78 Å². The first kappa shape index (κ1) is 11.0. The summed E-state index contributed by atoms with van der Waals surface area (Å²) in [5.74, 6) is 0. The van der Waals surface area contributed by atoms with Crippen molar-refractivity contribution in [2.24, 2.45) is 0 Å². The van der Waals surface area contributed by atoms with Gasteiger partial charge < -0.3 is 4.57 Å². The van der Waals surface area contributed by atoms with E-state index in [0.29, 0.717) is 12.1 Å². The second-order valence-electron chi connectivity index (χ2n) is 4.45. The maximum atomic E-state index is 12.3. The lowest BCUT2D eigenvalue weighted by molar-refractivity contribution is 0.755. The molecule has 0 saturated heterocycles. The number of allylic oxidation sites excluding steroid dienone is 4. The molecule has 0 aliphatic heterocycles. The van der Waals surface area contributed by atoms with E-state index in [1.807, 2.05) is 24.4 Å². The van der Waals surface area contributed by atoms with E-state index in [1.165, 1.54) is 5.57 Å². The van der Waals surface area contributed by atoms with Gasteiger partial charge in [0, 0.05) is 17.8 Å². The fourth-order valence-electron chi connectivity index (χ4n) is 2.21. The van der Waals surface area contributed by atoms with E-state index >= 15 is 0 Å². The SMILES string of the molecule is O=c1c2ncccc2ccn1CC1=CCCC=C1. The number of fused-ring (bicyclic) bond motifs is 1. The Kier molecular flexibility index (Phi) is 2.81. The zero-order chi connectivity index (χ0) is 12.4. The van der Waals surface area contributed by atoms with Gasteiger partial charge in [-0.25, -0.2) is 0 Å². The van der Waals surface area contributed by atoms with E-state index in [9.17, 15) is 4.79 Å². The predicted molar refractivity (Wildman–Crippen MR) is 72.5 cm³/mol. The van der Waals surface area contributed by atoms with E-state index in [-0.39, 0.29) is 5.56 Å². The second kappa shape index (κ2) is 4.61. The van der Waals surface area contributed by atoms with Gasteiger partial charge in [0.15, 0.2) is 0 Å². The van der Waals surface area contributed by atoms with Crippen molar-refractivity contribution in [2.75, 3.05) is 0 Å². The molecule has 0 fully saturated rings. The third-order valence-electron chi connectivity index (χ3n) is 3.16. The minimum Gasteiger partial charge on any atom is -0.309 e. The highest BCUT2D eigenvalue weighted by atomic mass is 16.1. The minimum absolute atomic E-state index is 0.0204. The number of hydrogen-bond acceptors (Lipinski definition) is 2. The van der Waals surface area contributed by atoms with Crippen LogP contribution in [0.1, 0.15) is 12.8 Å². The van der Waals surface area contributed by atoms with Crippen LogP contribution in [0.25, 0.3) is 10.9 Å². The van der Waals surface area contributed by atoms with Crippen molar-refractivity contribution in [3.05, 3.63) is 64.7 Å². The summed E-state index contributed by atoms with van der Waals surface area (Å²) in [7, 11) is 0. The van der Waals surface area contributed by atoms with Crippen molar-refractivity contribution in [3.8, 4) is 0 Å². The molecule has 0 N–H and O–H groups in total. The molecule has 0 atom stereocenters. The molecule has 0 radical (unpaired) electrons. The minimum atomic E-state index is -0.0204. The van der Waals surface area contributed by atoms with Crippen molar-refractivity contribution in [3.63, 3.8) is 0 Å². The monoisotopic (exact) mass is 238 g/mol. The van der Waals surface area contributed by atoms with Crippen LogP contribution in [0.5, 0.6) is 0 Å². The summed E-state index contributed by atoms with van der Waals surface area (Å²) in [4.78, 5) is 16.4. The van der Waals surface area contributed by atoms with E-state index in [0.717, 1.165) is 18.2 Å². The van der Waals surface area contributed by atoms with Crippen LogP contribution in [0.3, 0.4) is 0 Å². The van der Waals surface area contributed by atoms with Crippen LogP contribution < -0.4 is 5.56 Å². The molecule has 3 heteroatoms. The number of pyridine rings is 2. The average molecular weight is 238 g/mol. The van der Waals surface area contributed by atoms with Crippen molar-refractivity contribution in [1.29, 1.82) is 0 Å². The van der Waals surface area contributed by atoms with Gasteiger partial charge in [0.25, 0.3) is 5.56 Å². The molecule has 2 aromatic heterocycles. The molecule has 0 aromatic carbocycles. The van der Waals surface area contributed by atoms with E-state index in [2.05, 4.69) is 23.2 Å². The Morgan fingerprint density at radius 1 is 1.28 bits per heavy atom. The lowest BCUT2D eigenvalue weighted by atomic mass is 10.1. The van der Waals surface area contributed by atoms with Gasteiger partial charge >= 0.3 is 0 Å². The van der Waals surface area contributed by atoms with Gasteiger partial charge in [-0.05, 0) is 30.5 Å². The lowest BCUT2D eigenvalue weighted by Gasteiger charge is -2.10. The largest absolute Gasteiger partial charge is 0.309 e. The van der Waals surface area contributed by atoms with Gasteiger partial charge in [0.05, 0.1) is 6.54 Å². The maximum absolute atomic E-state index is 12.3. The van der Waals surface area contributed by atoms with Gasteiger partial charge in [0.2, 0.25) is 0 Å². The number of hydrogen-bond donors (Lipinski definition) is 0. The van der Waals surface area contributed by atoms with Crippen molar-refractivity contribution < 1.29 is 0 Å². The van der Waals surface area contributed by atoms with Crippen LogP contribution in [0.4, 0.5) is 0 Å². The highest BCUT2D eigenvalue weighted by Crippen LogP contribution is 2.12. The Hall–Kier alpha value is -2.16. The fourth-order valence-corrected chi connectivity index (χ4v) is 2.21. The van der Waals surface area contributed by atoms with Crippen molar-refractivity contribution in [2.45, 2.75) is 19.4 Å². The average Bonchev–Trinajstić information content (AvgIpc) is 2.43. The first-order chi connectivity index (χ1) is 8.84. The molecule has 3 rings (SSSR count). The number of rotatable bonds is 2. The summed E-state index contributed by atoms with van der Waals surface area (Å²) in [6.07, 6.45) is 12.1. The normalized spacial score (nSPS) is 14.8. The molecule has 0 unspecified atom stereocenters. The molecule has 0 bridgehead atoms. The molecular formula is C15H14N2O. The van der Waals surface area contributed by atoms with Crippen molar-refractivity contribution >= 4 is 10.9 Å². The Balaban J connectivity index is 2.02. The zero-order valence-corrected chi connectivity index (χ0v) is 10.0. The molecule has 0 saturated carbocycles. The summed E-state index contributed by atoms with van der Waals surface area (Å²) < 4.78 is 1.72. The topological polar surface area (TPSA) is 34.9 Å². The smallest absolute Gasteiger partial charge is 0.277 e. The number of nitrogens with zero attached hydrogens (tertiary/aromatic N) is 2. The quantitative estimate of drug-likeness (QED) is 0.806. The van der Waals surface area contributed by atoms with Gasteiger partial charge in [-0.15, -0.1) is 0 Å². The fraction of sp³-hybridized carbons (Fsp3) is 0.200. The Morgan fingerprint density at radius 2 is 2.22 bits per heavy atom. The summed E-state index contributed by atoms with van der Waals surface area (Å²) in [5, 5.41) is 0.895. The first-order valence-corrected chi connectivity index (χ1v) is 6.14. The third kappa shape index (κ3) is 1.99. The van der Waals surface area contributed by atoms with Gasteiger partial charge in [-0.2, -0.15) is 0 Å². The molecule has 1 aliphatic carbocycles. The van der Waals surface area contributed by atoms with Gasteiger partial charge in [-0.1, -0.05) is 24.3 Å². The molecule has 0 amide bonds. The van der Waals surface area contributed by atoms with Crippen LogP contribution in [0, 0.1) is 0 Å². The molecular weight excluding hydrogens is 224 g/mol.